The molecule has 3 rings (SSSR count). The lowest BCUT2D eigenvalue weighted by Crippen LogP contribution is -2.50. The number of methoxy groups -OCH3 is 3. The summed E-state index contributed by atoms with van der Waals surface area (Å²) >= 11 is 0. The fraction of sp³-hybridized carbons (Fsp3) is 0.300. The van der Waals surface area contributed by atoms with Crippen LogP contribution in [0.1, 0.15) is 35.7 Å². The number of amides is 2. The van der Waals surface area contributed by atoms with Gasteiger partial charge in [0.25, 0.3) is 5.91 Å². The average molecular weight is 573 g/mol. The van der Waals surface area contributed by atoms with E-state index < -0.39 is 35.6 Å². The quantitative estimate of drug-likeness (QED) is 0.272. The highest BCUT2D eigenvalue weighted by molar-refractivity contribution is 6.12. The molecular formula is C30H31F3N2O6. The fourth-order valence-electron chi connectivity index (χ4n) is 4.18. The van der Waals surface area contributed by atoms with Crippen molar-refractivity contribution in [1.82, 2.24) is 0 Å². The van der Waals surface area contributed by atoms with Crippen LogP contribution in [0.25, 0.3) is 0 Å². The molecule has 0 N–H and O–H groups in total. The number of halogens is 3. The first-order chi connectivity index (χ1) is 19.5. The SMILES string of the molecule is COC(=O)CCCN(C(=O)C(C)N(C(=O)c1cccc(C(F)(F)F)c1)c1ccc(OC)cc1)c1ccc(OC)cc1. The first-order valence-electron chi connectivity index (χ1n) is 12.7. The van der Waals surface area contributed by atoms with Gasteiger partial charge < -0.3 is 19.1 Å². The molecule has 0 bridgehead atoms. The van der Waals surface area contributed by atoms with E-state index in [1.54, 1.807) is 48.5 Å². The molecule has 0 aliphatic carbocycles. The van der Waals surface area contributed by atoms with Crippen LogP contribution in [0, 0.1) is 0 Å². The van der Waals surface area contributed by atoms with E-state index in [0.29, 0.717) is 17.2 Å². The van der Waals surface area contributed by atoms with E-state index in [2.05, 4.69) is 0 Å². The van der Waals surface area contributed by atoms with Crippen LogP contribution in [0.3, 0.4) is 0 Å². The Kier molecular flexibility index (Phi) is 10.3. The van der Waals surface area contributed by atoms with Crippen molar-refractivity contribution in [2.24, 2.45) is 0 Å². The van der Waals surface area contributed by atoms with Crippen LogP contribution in [0.2, 0.25) is 0 Å². The first-order valence-corrected chi connectivity index (χ1v) is 12.7. The third-order valence-corrected chi connectivity index (χ3v) is 6.39. The molecule has 11 heteroatoms. The molecular weight excluding hydrogens is 541 g/mol. The standard InChI is InChI=1S/C30H31F3N2O6/c1-20(28(37)34(18-6-9-27(36)41-4)23-10-14-25(39-2)15-11-23)35(24-12-16-26(40-3)17-13-24)29(38)21-7-5-8-22(19-21)30(31,32)33/h5,7-8,10-17,19-20H,6,9,18H2,1-4H3. The van der Waals surface area contributed by atoms with Crippen molar-refractivity contribution >= 4 is 29.2 Å². The molecule has 0 aliphatic rings. The van der Waals surface area contributed by atoms with Crippen molar-refractivity contribution in [3.8, 4) is 11.5 Å². The van der Waals surface area contributed by atoms with Gasteiger partial charge in [0.2, 0.25) is 5.91 Å². The van der Waals surface area contributed by atoms with Crippen molar-refractivity contribution < 1.29 is 41.8 Å². The molecule has 0 spiro atoms. The summed E-state index contributed by atoms with van der Waals surface area (Å²) in [7, 11) is 4.24. The van der Waals surface area contributed by atoms with Gasteiger partial charge in [-0.1, -0.05) is 6.07 Å². The van der Waals surface area contributed by atoms with Crippen molar-refractivity contribution in [3.05, 3.63) is 83.9 Å². The molecule has 0 aromatic heterocycles. The second-order valence-electron chi connectivity index (χ2n) is 9.00. The molecule has 1 atom stereocenters. The second kappa shape index (κ2) is 13.7. The Morgan fingerprint density at radius 2 is 1.39 bits per heavy atom. The predicted octanol–water partition coefficient (Wildman–Crippen LogP) is 5.74. The number of hydrogen-bond acceptors (Lipinski definition) is 6. The van der Waals surface area contributed by atoms with Crippen LogP contribution in [0.5, 0.6) is 11.5 Å². The minimum atomic E-state index is -4.66. The number of anilines is 2. The summed E-state index contributed by atoms with van der Waals surface area (Å²) in [6, 6.07) is 15.8. The lowest BCUT2D eigenvalue weighted by Gasteiger charge is -2.33. The maximum atomic E-state index is 14.0. The van der Waals surface area contributed by atoms with Crippen LogP contribution >= 0.6 is 0 Å². The Balaban J connectivity index is 2.04. The maximum absolute atomic E-state index is 14.0. The Hall–Kier alpha value is -4.54. The van der Waals surface area contributed by atoms with Gasteiger partial charge in [-0.25, -0.2) is 0 Å². The smallest absolute Gasteiger partial charge is 0.416 e. The van der Waals surface area contributed by atoms with Crippen molar-refractivity contribution in [2.45, 2.75) is 32.0 Å². The zero-order valence-electron chi connectivity index (χ0n) is 23.1. The number of hydrogen-bond donors (Lipinski definition) is 0. The number of esters is 1. The third kappa shape index (κ3) is 7.77. The van der Waals surface area contributed by atoms with Crippen LogP contribution in [-0.4, -0.2) is 51.7 Å². The van der Waals surface area contributed by atoms with E-state index in [-0.39, 0.29) is 30.6 Å². The fourth-order valence-corrected chi connectivity index (χ4v) is 4.18. The monoisotopic (exact) mass is 572 g/mol. The molecule has 3 aromatic carbocycles. The summed E-state index contributed by atoms with van der Waals surface area (Å²) in [4.78, 5) is 42.1. The Labute approximate surface area is 236 Å². The van der Waals surface area contributed by atoms with Crippen LogP contribution < -0.4 is 19.3 Å². The number of alkyl halides is 3. The normalized spacial score (nSPS) is 11.8. The molecule has 0 saturated carbocycles. The Morgan fingerprint density at radius 1 is 0.829 bits per heavy atom. The molecule has 8 nitrogen and oxygen atoms in total. The average Bonchev–Trinajstić information content (AvgIpc) is 2.99. The van der Waals surface area contributed by atoms with Crippen molar-refractivity contribution in [1.29, 1.82) is 0 Å². The number of nitrogens with zero attached hydrogens (tertiary/aromatic N) is 2. The zero-order valence-corrected chi connectivity index (χ0v) is 23.1. The largest absolute Gasteiger partial charge is 0.497 e. The summed E-state index contributed by atoms with van der Waals surface area (Å²) in [6.45, 7) is 1.60. The van der Waals surface area contributed by atoms with Crippen LogP contribution in [0.4, 0.5) is 24.5 Å². The van der Waals surface area contributed by atoms with Gasteiger partial charge in [-0.2, -0.15) is 13.2 Å². The molecule has 0 fully saturated rings. The van der Waals surface area contributed by atoms with E-state index >= 15 is 0 Å². The maximum Gasteiger partial charge on any atom is 0.416 e. The number of ether oxygens (including phenoxy) is 3. The number of benzene rings is 3. The molecule has 0 radical (unpaired) electrons. The summed E-state index contributed by atoms with van der Waals surface area (Å²) in [5.74, 6) is -0.715. The van der Waals surface area contributed by atoms with Crippen LogP contribution in [-0.2, 0) is 20.5 Å². The highest BCUT2D eigenvalue weighted by Gasteiger charge is 2.35. The van der Waals surface area contributed by atoms with Gasteiger partial charge in [-0.05, 0) is 80.1 Å². The third-order valence-electron chi connectivity index (χ3n) is 6.39. The molecule has 41 heavy (non-hydrogen) atoms. The number of carbonyl (C=O) groups excluding carboxylic acids is 3. The molecule has 0 saturated heterocycles. The van der Waals surface area contributed by atoms with Gasteiger partial charge in [0.1, 0.15) is 17.5 Å². The zero-order chi connectivity index (χ0) is 30.2. The first kappa shape index (κ1) is 31.0. The van der Waals surface area contributed by atoms with Crippen LogP contribution in [0.15, 0.2) is 72.8 Å². The van der Waals surface area contributed by atoms with Gasteiger partial charge >= 0.3 is 12.1 Å². The molecule has 0 heterocycles. The summed E-state index contributed by atoms with van der Waals surface area (Å²) in [5.41, 5.74) is -0.469. The predicted molar refractivity (Wildman–Crippen MR) is 147 cm³/mol. The van der Waals surface area contributed by atoms with E-state index in [4.69, 9.17) is 14.2 Å². The van der Waals surface area contributed by atoms with Gasteiger partial charge in [-0.3, -0.25) is 19.3 Å². The topological polar surface area (TPSA) is 85.4 Å². The van der Waals surface area contributed by atoms with Crippen molar-refractivity contribution in [2.75, 3.05) is 37.7 Å². The van der Waals surface area contributed by atoms with Gasteiger partial charge in [-0.15, -0.1) is 0 Å². The summed E-state index contributed by atoms with van der Waals surface area (Å²) in [5, 5.41) is 0. The second-order valence-corrected chi connectivity index (χ2v) is 9.00. The lowest BCUT2D eigenvalue weighted by molar-refractivity contribution is -0.141. The van der Waals surface area contributed by atoms with E-state index in [1.807, 2.05) is 0 Å². The number of carbonyl (C=O) groups is 3. The summed E-state index contributed by atoms with van der Waals surface area (Å²) in [6.07, 6.45) is -4.34. The van der Waals surface area contributed by atoms with E-state index in [1.165, 1.54) is 39.2 Å². The highest BCUT2D eigenvalue weighted by Crippen LogP contribution is 2.31. The Morgan fingerprint density at radius 3 is 1.90 bits per heavy atom. The van der Waals surface area contributed by atoms with Gasteiger partial charge in [0, 0.05) is 29.9 Å². The van der Waals surface area contributed by atoms with E-state index in [0.717, 1.165) is 23.1 Å². The van der Waals surface area contributed by atoms with Gasteiger partial charge in [0.05, 0.1) is 26.9 Å². The minimum Gasteiger partial charge on any atom is -0.497 e. The highest BCUT2D eigenvalue weighted by atomic mass is 19.4. The molecule has 218 valence electrons. The molecule has 1 unspecified atom stereocenters. The lowest BCUT2D eigenvalue weighted by atomic mass is 10.1. The Bertz CT molecular complexity index is 1340. The molecule has 3 aromatic rings. The van der Waals surface area contributed by atoms with E-state index in [9.17, 15) is 27.6 Å². The molecule has 2 amide bonds. The van der Waals surface area contributed by atoms with Crippen molar-refractivity contribution in [3.63, 3.8) is 0 Å². The van der Waals surface area contributed by atoms with Gasteiger partial charge in [0.15, 0.2) is 0 Å². The minimum absolute atomic E-state index is 0.0518. The summed E-state index contributed by atoms with van der Waals surface area (Å²) < 4.78 is 55.4. The molecule has 0 aliphatic heterocycles. The number of rotatable bonds is 11.